The van der Waals surface area contributed by atoms with Crippen LogP contribution in [0.4, 0.5) is 0 Å². The van der Waals surface area contributed by atoms with E-state index in [4.69, 9.17) is 28.0 Å². The monoisotopic (exact) mass is 615 g/mol. The van der Waals surface area contributed by atoms with E-state index in [-0.39, 0.29) is 49.5 Å². The summed E-state index contributed by atoms with van der Waals surface area (Å²) in [5, 5.41) is 4.28. The Morgan fingerprint density at radius 1 is 0.905 bits per heavy atom. The van der Waals surface area contributed by atoms with E-state index in [1.165, 1.54) is 5.56 Å². The van der Waals surface area contributed by atoms with Gasteiger partial charge in [-0.05, 0) is 54.5 Å². The molecule has 9 nitrogen and oxygen atoms in total. The molecule has 2 aromatic rings. The maximum atomic E-state index is 13.1. The van der Waals surface area contributed by atoms with E-state index < -0.39 is 17.8 Å². The molecule has 0 radical (unpaired) electrons. The summed E-state index contributed by atoms with van der Waals surface area (Å²) in [7, 11) is 1.87. The minimum Gasteiger partial charge on any atom is -0.356 e. The molecule has 0 aromatic heterocycles. The zero-order valence-electron chi connectivity index (χ0n) is 23.6. The van der Waals surface area contributed by atoms with E-state index in [1.54, 1.807) is 0 Å². The van der Waals surface area contributed by atoms with Crippen LogP contribution in [0.3, 0.4) is 0 Å². The fourth-order valence-corrected chi connectivity index (χ4v) is 5.82. The molecule has 1 saturated heterocycles. The van der Waals surface area contributed by atoms with Crippen LogP contribution in [-0.4, -0.2) is 53.2 Å². The molecule has 1 N–H and O–H groups in total. The van der Waals surface area contributed by atoms with Gasteiger partial charge in [0.25, 0.3) is 11.8 Å². The number of hydrogen-bond acceptors (Lipinski definition) is 6. The first kappa shape index (κ1) is 31.5. The molecule has 1 aliphatic heterocycles. The number of halogens is 2. The first-order chi connectivity index (χ1) is 20.2. The lowest BCUT2D eigenvalue weighted by molar-refractivity contribution is -0.197. The van der Waals surface area contributed by atoms with Gasteiger partial charge in [0.05, 0.1) is 22.5 Å². The Kier molecular flexibility index (Phi) is 11.0. The highest BCUT2D eigenvalue weighted by Gasteiger charge is 2.33. The number of unbranched alkanes of at least 4 members (excludes halogenated alkanes) is 2. The Morgan fingerprint density at radius 3 is 2.33 bits per heavy atom. The summed E-state index contributed by atoms with van der Waals surface area (Å²) >= 11 is 12.4. The molecule has 2 aromatic carbocycles. The van der Waals surface area contributed by atoms with Crippen LogP contribution < -0.4 is 5.32 Å². The molecule has 0 bridgehead atoms. The molecule has 224 valence electrons. The SMILES string of the molecule is CN(C(=O)CCCCCNC(=O)CCC(=O)ON1C(=O)CCC1=O)[C@H]1CC[C@@H](c2ccc(Cl)c(Cl)c2)c2ccccc21. The summed E-state index contributed by atoms with van der Waals surface area (Å²) in [5.74, 6) is -1.96. The van der Waals surface area contributed by atoms with Gasteiger partial charge in [-0.3, -0.25) is 19.2 Å². The van der Waals surface area contributed by atoms with Gasteiger partial charge in [-0.2, -0.15) is 0 Å². The van der Waals surface area contributed by atoms with Crippen molar-refractivity contribution in [3.05, 3.63) is 69.2 Å². The number of hydrogen-bond donors (Lipinski definition) is 1. The standard InChI is InChI=1S/C31H35Cl2N3O6/c1-35(26-13-11-21(22-7-4-5-8-23(22)26)20-10-12-24(32)25(33)19-20)28(38)9-3-2-6-18-34-27(37)14-17-31(41)42-36-29(39)15-16-30(36)40/h4-5,7-8,10,12,19,21,26H,2-3,6,9,11,13-18H2,1H3,(H,34,37)/t21-,26-/m0/s1. The number of amides is 4. The van der Waals surface area contributed by atoms with Gasteiger partial charge in [0, 0.05) is 45.2 Å². The molecule has 2 atom stereocenters. The second-order valence-electron chi connectivity index (χ2n) is 10.7. The highest BCUT2D eigenvalue weighted by atomic mass is 35.5. The van der Waals surface area contributed by atoms with Crippen molar-refractivity contribution < 1.29 is 28.8 Å². The molecule has 4 amide bonds. The predicted octanol–water partition coefficient (Wildman–Crippen LogP) is 5.48. The smallest absolute Gasteiger partial charge is 0.333 e. The van der Waals surface area contributed by atoms with E-state index in [0.717, 1.165) is 30.4 Å². The van der Waals surface area contributed by atoms with E-state index in [1.807, 2.05) is 42.3 Å². The number of fused-ring (bicyclic) bond motifs is 1. The quantitative estimate of drug-likeness (QED) is 0.250. The second kappa shape index (κ2) is 14.6. The van der Waals surface area contributed by atoms with Gasteiger partial charge >= 0.3 is 5.97 Å². The lowest BCUT2D eigenvalue weighted by Crippen LogP contribution is -2.34. The van der Waals surface area contributed by atoms with Crippen molar-refractivity contribution in [3.63, 3.8) is 0 Å². The van der Waals surface area contributed by atoms with Gasteiger partial charge in [0.15, 0.2) is 0 Å². The molecule has 1 heterocycles. The molecular weight excluding hydrogens is 581 g/mol. The Morgan fingerprint density at radius 2 is 1.62 bits per heavy atom. The van der Waals surface area contributed by atoms with Crippen LogP contribution in [-0.2, 0) is 28.8 Å². The number of imide groups is 1. The van der Waals surface area contributed by atoms with Crippen molar-refractivity contribution in [1.82, 2.24) is 15.3 Å². The van der Waals surface area contributed by atoms with Crippen molar-refractivity contribution in [3.8, 4) is 0 Å². The molecule has 11 heteroatoms. The highest BCUT2D eigenvalue weighted by molar-refractivity contribution is 6.42. The minimum absolute atomic E-state index is 0.000380. The Bertz CT molecular complexity index is 1330. The fourth-order valence-electron chi connectivity index (χ4n) is 5.51. The van der Waals surface area contributed by atoms with Crippen LogP contribution in [0.25, 0.3) is 0 Å². The minimum atomic E-state index is -0.804. The van der Waals surface area contributed by atoms with Crippen molar-refractivity contribution >= 4 is 52.8 Å². The van der Waals surface area contributed by atoms with Gasteiger partial charge in [-0.25, -0.2) is 4.79 Å². The first-order valence-electron chi connectivity index (χ1n) is 14.3. The van der Waals surface area contributed by atoms with Crippen LogP contribution in [0.15, 0.2) is 42.5 Å². The summed E-state index contributed by atoms with van der Waals surface area (Å²) in [4.78, 5) is 66.5. The number of carbonyl (C=O) groups is 5. The second-order valence-corrected chi connectivity index (χ2v) is 11.5. The Balaban J connectivity index is 1.16. The maximum absolute atomic E-state index is 13.1. The van der Waals surface area contributed by atoms with Gasteiger partial charge in [0.1, 0.15) is 0 Å². The van der Waals surface area contributed by atoms with Gasteiger partial charge in [-0.15, -0.1) is 5.06 Å². The van der Waals surface area contributed by atoms with Gasteiger partial charge < -0.3 is 15.1 Å². The number of nitrogens with zero attached hydrogens (tertiary/aromatic N) is 2. The van der Waals surface area contributed by atoms with E-state index in [0.29, 0.717) is 40.9 Å². The van der Waals surface area contributed by atoms with Crippen molar-refractivity contribution in [2.24, 2.45) is 0 Å². The lowest BCUT2D eigenvalue weighted by Gasteiger charge is -2.37. The predicted molar refractivity (Wildman–Crippen MR) is 157 cm³/mol. The first-order valence-corrected chi connectivity index (χ1v) is 15.0. The van der Waals surface area contributed by atoms with Crippen LogP contribution in [0.1, 0.15) is 92.9 Å². The molecule has 4 rings (SSSR count). The summed E-state index contributed by atoms with van der Waals surface area (Å²) in [6.07, 6.45) is 4.01. The Labute approximate surface area is 255 Å². The number of nitrogens with one attached hydrogen (secondary N) is 1. The van der Waals surface area contributed by atoms with Crippen LogP contribution in [0.2, 0.25) is 10.0 Å². The van der Waals surface area contributed by atoms with Crippen LogP contribution >= 0.6 is 23.2 Å². The van der Waals surface area contributed by atoms with E-state index >= 15 is 0 Å². The number of rotatable bonds is 12. The third-order valence-corrected chi connectivity index (χ3v) is 8.55. The molecule has 0 saturated carbocycles. The molecule has 42 heavy (non-hydrogen) atoms. The normalized spacial score (nSPS) is 18.0. The van der Waals surface area contributed by atoms with Gasteiger partial charge in [0.2, 0.25) is 11.8 Å². The summed E-state index contributed by atoms with van der Waals surface area (Å²) in [6.45, 7) is 0.424. The average molecular weight is 617 g/mol. The largest absolute Gasteiger partial charge is 0.356 e. The Hall–Kier alpha value is -3.43. The van der Waals surface area contributed by atoms with Gasteiger partial charge in [-0.1, -0.05) is 60.0 Å². The van der Waals surface area contributed by atoms with E-state index in [2.05, 4.69) is 17.4 Å². The van der Waals surface area contributed by atoms with Crippen LogP contribution in [0, 0.1) is 0 Å². The van der Waals surface area contributed by atoms with Crippen molar-refractivity contribution in [1.29, 1.82) is 0 Å². The van der Waals surface area contributed by atoms with Crippen molar-refractivity contribution in [2.75, 3.05) is 13.6 Å². The lowest BCUT2D eigenvalue weighted by atomic mass is 9.76. The molecule has 2 aliphatic rings. The zero-order chi connectivity index (χ0) is 30.2. The zero-order valence-corrected chi connectivity index (χ0v) is 25.1. The van der Waals surface area contributed by atoms with Crippen molar-refractivity contribution in [2.45, 2.75) is 76.2 Å². The molecule has 1 aliphatic carbocycles. The van der Waals surface area contributed by atoms with Crippen LogP contribution in [0.5, 0.6) is 0 Å². The van der Waals surface area contributed by atoms with E-state index in [9.17, 15) is 24.0 Å². The average Bonchev–Trinajstić information content (AvgIpc) is 3.30. The summed E-state index contributed by atoms with van der Waals surface area (Å²) < 4.78 is 0. The molecule has 0 unspecified atom stereocenters. The highest BCUT2D eigenvalue weighted by Crippen LogP contribution is 2.44. The number of benzene rings is 2. The topological polar surface area (TPSA) is 113 Å². The summed E-state index contributed by atoms with van der Waals surface area (Å²) in [6, 6.07) is 14.0. The number of hydroxylamine groups is 2. The number of carbonyl (C=O) groups excluding carboxylic acids is 5. The summed E-state index contributed by atoms with van der Waals surface area (Å²) in [5.41, 5.74) is 3.47. The maximum Gasteiger partial charge on any atom is 0.333 e. The fraction of sp³-hybridized carbons (Fsp3) is 0.452. The molecule has 1 fully saturated rings. The third-order valence-electron chi connectivity index (χ3n) is 7.81. The molecular formula is C31H35Cl2N3O6. The third kappa shape index (κ3) is 7.89. The molecule has 0 spiro atoms.